The van der Waals surface area contributed by atoms with Crippen molar-refractivity contribution in [1.29, 1.82) is 0 Å². The van der Waals surface area contributed by atoms with E-state index < -0.39 is 0 Å². The van der Waals surface area contributed by atoms with Crippen molar-refractivity contribution in [3.05, 3.63) is 0 Å². The number of nitrogens with one attached hydrogen (secondary N) is 1. The summed E-state index contributed by atoms with van der Waals surface area (Å²) in [5.41, 5.74) is 0. The molecule has 0 aromatic heterocycles. The lowest BCUT2D eigenvalue weighted by Gasteiger charge is -2.08. The molecule has 0 aliphatic carbocycles. The van der Waals surface area contributed by atoms with Crippen LogP contribution in [0.2, 0.25) is 0 Å². The van der Waals surface area contributed by atoms with Crippen LogP contribution in [0.15, 0.2) is 0 Å². The van der Waals surface area contributed by atoms with Crippen LogP contribution in [-0.2, 0) is 4.74 Å². The van der Waals surface area contributed by atoms with Crippen LogP contribution in [0.25, 0.3) is 0 Å². The van der Waals surface area contributed by atoms with Gasteiger partial charge in [0.05, 0.1) is 12.0 Å². The topological polar surface area (TPSA) is 21.3 Å². The molecule has 80 valence electrons. The molecule has 0 fully saturated rings. The molecule has 4 heteroatoms. The molecule has 1 atom stereocenters. The van der Waals surface area contributed by atoms with E-state index in [1.54, 1.807) is 7.11 Å². The average molecular weight is 226 g/mol. The summed E-state index contributed by atoms with van der Waals surface area (Å²) in [6.07, 6.45) is 0.978. The molecule has 0 aromatic carbocycles. The first kappa shape index (κ1) is 13.6. The third-order valence-corrected chi connectivity index (χ3v) is 2.85. The van der Waals surface area contributed by atoms with E-state index in [1.165, 1.54) is 11.5 Å². The summed E-state index contributed by atoms with van der Waals surface area (Å²) in [4.78, 5) is 0. The minimum Gasteiger partial charge on any atom is -0.383 e. The molecule has 0 bridgehead atoms. The van der Waals surface area contributed by atoms with E-state index in [4.69, 9.17) is 16.3 Å². The molecule has 0 rings (SSSR count). The molecule has 0 aromatic rings. The van der Waals surface area contributed by atoms with Crippen LogP contribution in [0.4, 0.5) is 0 Å². The third kappa shape index (κ3) is 10.5. The van der Waals surface area contributed by atoms with Gasteiger partial charge < -0.3 is 10.1 Å². The largest absolute Gasteiger partial charge is 0.383 e. The fourth-order valence-corrected chi connectivity index (χ4v) is 1.75. The van der Waals surface area contributed by atoms with Crippen LogP contribution in [-0.4, -0.2) is 43.7 Å². The van der Waals surface area contributed by atoms with Gasteiger partial charge in [0.25, 0.3) is 0 Å². The summed E-state index contributed by atoms with van der Waals surface area (Å²) in [6, 6.07) is 0. The molecule has 0 aliphatic heterocycles. The zero-order valence-corrected chi connectivity index (χ0v) is 10.1. The van der Waals surface area contributed by atoms with Crippen molar-refractivity contribution in [3.8, 4) is 0 Å². The highest BCUT2D eigenvalue weighted by Gasteiger charge is 2.01. The van der Waals surface area contributed by atoms with Gasteiger partial charge in [0.2, 0.25) is 0 Å². The molecule has 1 unspecified atom stereocenters. The molecule has 0 aliphatic rings. The highest BCUT2D eigenvalue weighted by molar-refractivity contribution is 7.99. The number of methoxy groups -OCH3 is 1. The van der Waals surface area contributed by atoms with E-state index in [-0.39, 0.29) is 5.38 Å². The van der Waals surface area contributed by atoms with Crippen molar-refractivity contribution in [1.82, 2.24) is 5.32 Å². The maximum absolute atomic E-state index is 5.95. The van der Waals surface area contributed by atoms with E-state index in [1.807, 2.05) is 11.8 Å². The predicted octanol–water partition coefficient (Wildman–Crippen LogP) is 1.97. The smallest absolute Gasteiger partial charge is 0.0626 e. The second kappa shape index (κ2) is 10.6. The number of hydrogen-bond donors (Lipinski definition) is 1. The van der Waals surface area contributed by atoms with Gasteiger partial charge in [-0.3, -0.25) is 0 Å². The maximum Gasteiger partial charge on any atom is 0.0626 e. The Bertz CT molecular complexity index is 106. The average Bonchev–Trinajstić information content (AvgIpc) is 2.11. The Morgan fingerprint density at radius 1 is 1.46 bits per heavy atom. The van der Waals surface area contributed by atoms with Crippen molar-refractivity contribution in [3.63, 3.8) is 0 Å². The van der Waals surface area contributed by atoms with E-state index >= 15 is 0 Å². The lowest BCUT2D eigenvalue weighted by Crippen LogP contribution is -2.22. The van der Waals surface area contributed by atoms with E-state index in [0.717, 1.165) is 19.5 Å². The van der Waals surface area contributed by atoms with Gasteiger partial charge in [0.1, 0.15) is 0 Å². The summed E-state index contributed by atoms with van der Waals surface area (Å²) in [5, 5.41) is 3.50. The lowest BCUT2D eigenvalue weighted by atomic mass is 10.3. The molecule has 0 amide bonds. The molecule has 2 nitrogen and oxygen atoms in total. The Hall–Kier alpha value is 0.560. The van der Waals surface area contributed by atoms with Gasteiger partial charge in [-0.1, -0.05) is 6.92 Å². The molecule has 13 heavy (non-hydrogen) atoms. The van der Waals surface area contributed by atoms with Gasteiger partial charge in [-0.2, -0.15) is 11.8 Å². The highest BCUT2D eigenvalue weighted by Crippen LogP contribution is 2.01. The first-order valence-corrected chi connectivity index (χ1v) is 6.31. The van der Waals surface area contributed by atoms with Gasteiger partial charge in [0, 0.05) is 19.4 Å². The monoisotopic (exact) mass is 225 g/mol. The van der Waals surface area contributed by atoms with Crippen molar-refractivity contribution in [2.45, 2.75) is 18.7 Å². The number of rotatable bonds is 9. The van der Waals surface area contributed by atoms with Gasteiger partial charge >= 0.3 is 0 Å². The normalized spacial score (nSPS) is 13.2. The number of ether oxygens (including phenoxy) is 1. The Morgan fingerprint density at radius 3 is 2.85 bits per heavy atom. The summed E-state index contributed by atoms with van der Waals surface area (Å²) < 4.78 is 4.94. The predicted molar refractivity (Wildman–Crippen MR) is 62.0 cm³/mol. The Kier molecular flexibility index (Phi) is 11.1. The molecular weight excluding hydrogens is 206 g/mol. The fraction of sp³-hybridized carbons (Fsp3) is 1.00. The van der Waals surface area contributed by atoms with E-state index in [2.05, 4.69) is 12.2 Å². The molecule has 0 saturated heterocycles. The van der Waals surface area contributed by atoms with Crippen LogP contribution < -0.4 is 5.32 Å². The molecule has 0 radical (unpaired) electrons. The molecule has 0 spiro atoms. The van der Waals surface area contributed by atoms with Crippen LogP contribution >= 0.6 is 23.4 Å². The van der Waals surface area contributed by atoms with Crippen molar-refractivity contribution in [2.24, 2.45) is 0 Å². The SMILES string of the molecule is CCSCCNCCC(Cl)COC. The summed E-state index contributed by atoms with van der Waals surface area (Å²) >= 11 is 7.91. The van der Waals surface area contributed by atoms with Crippen LogP contribution in [0.3, 0.4) is 0 Å². The summed E-state index contributed by atoms with van der Waals surface area (Å²) in [7, 11) is 1.68. The van der Waals surface area contributed by atoms with Gasteiger partial charge in [-0.25, -0.2) is 0 Å². The molecule has 0 saturated carbocycles. The lowest BCUT2D eigenvalue weighted by molar-refractivity contribution is 0.195. The minimum atomic E-state index is 0.149. The Balaban J connectivity index is 2.97. The molecular formula is C9H20ClNOS. The number of hydrogen-bond acceptors (Lipinski definition) is 3. The molecule has 0 heterocycles. The summed E-state index contributed by atoms with van der Waals surface area (Å²) in [6.45, 7) is 4.89. The van der Waals surface area contributed by atoms with Gasteiger partial charge in [-0.15, -0.1) is 11.6 Å². The quantitative estimate of drug-likeness (QED) is 0.479. The van der Waals surface area contributed by atoms with Crippen LogP contribution in [0.5, 0.6) is 0 Å². The first-order chi connectivity index (χ1) is 6.31. The number of thioether (sulfide) groups is 1. The van der Waals surface area contributed by atoms with Crippen LogP contribution in [0, 0.1) is 0 Å². The second-order valence-electron chi connectivity index (χ2n) is 2.79. The number of halogens is 1. The van der Waals surface area contributed by atoms with Crippen molar-refractivity contribution >= 4 is 23.4 Å². The standard InChI is InChI=1S/C9H20ClNOS/c1-3-13-7-6-11-5-4-9(10)8-12-2/h9,11H,3-8H2,1-2H3. The molecule has 1 N–H and O–H groups in total. The van der Waals surface area contributed by atoms with Crippen LogP contribution in [0.1, 0.15) is 13.3 Å². The zero-order valence-electron chi connectivity index (χ0n) is 8.51. The fourth-order valence-electron chi connectivity index (χ4n) is 0.937. The van der Waals surface area contributed by atoms with Gasteiger partial charge in [0.15, 0.2) is 0 Å². The van der Waals surface area contributed by atoms with E-state index in [9.17, 15) is 0 Å². The Labute approximate surface area is 90.7 Å². The Morgan fingerprint density at radius 2 is 2.23 bits per heavy atom. The van der Waals surface area contributed by atoms with Gasteiger partial charge in [-0.05, 0) is 18.7 Å². The van der Waals surface area contributed by atoms with Crippen molar-refractivity contribution in [2.75, 3.05) is 38.3 Å². The van der Waals surface area contributed by atoms with Crippen molar-refractivity contribution < 1.29 is 4.74 Å². The number of alkyl halides is 1. The minimum absolute atomic E-state index is 0.149. The maximum atomic E-state index is 5.95. The second-order valence-corrected chi connectivity index (χ2v) is 4.80. The van der Waals surface area contributed by atoms with E-state index in [0.29, 0.717) is 6.61 Å². The zero-order chi connectivity index (χ0) is 9.94. The highest BCUT2D eigenvalue weighted by atomic mass is 35.5. The first-order valence-electron chi connectivity index (χ1n) is 4.72. The third-order valence-electron chi connectivity index (χ3n) is 1.61. The summed E-state index contributed by atoms with van der Waals surface area (Å²) in [5.74, 6) is 2.39.